The molecule has 1 nitrogen and oxygen atoms in total. The predicted octanol–water partition coefficient (Wildman–Crippen LogP) is 4.30. The molecular weight excluding hydrogens is 220 g/mol. The third-order valence-electron chi connectivity index (χ3n) is 3.11. The van der Waals surface area contributed by atoms with Gasteiger partial charge in [-0.3, -0.25) is 0 Å². The van der Waals surface area contributed by atoms with E-state index in [1.54, 1.807) is 0 Å². The van der Waals surface area contributed by atoms with Crippen LogP contribution in [0.2, 0.25) is 0 Å². The van der Waals surface area contributed by atoms with Gasteiger partial charge >= 0.3 is 0 Å². The van der Waals surface area contributed by atoms with E-state index in [0.29, 0.717) is 0 Å². The largest absolute Gasteiger partial charge is 0.382 e. The average molecular weight is 240 g/mol. The van der Waals surface area contributed by atoms with Gasteiger partial charge in [-0.25, -0.2) is 0 Å². The monoisotopic (exact) mass is 240 g/mol. The fourth-order valence-electron chi connectivity index (χ4n) is 2.28. The van der Waals surface area contributed by atoms with E-state index in [0.717, 1.165) is 19.6 Å². The average Bonchev–Trinajstić information content (AvgIpc) is 2.79. The molecule has 0 saturated carbocycles. The van der Waals surface area contributed by atoms with Crippen LogP contribution in [0, 0.1) is 0 Å². The van der Waals surface area contributed by atoms with Crippen LogP contribution in [0.15, 0.2) is 48.5 Å². The van der Waals surface area contributed by atoms with E-state index in [4.69, 9.17) is 4.74 Å². The number of hydrogen-bond donors (Lipinski definition) is 0. The molecule has 1 aliphatic carbocycles. The van der Waals surface area contributed by atoms with Gasteiger partial charge in [0.1, 0.15) is 0 Å². The minimum absolute atomic E-state index is 0.844. The molecule has 0 radical (unpaired) electrons. The van der Waals surface area contributed by atoms with Gasteiger partial charge in [0.05, 0.1) is 0 Å². The molecule has 94 valence electrons. The number of benzene rings is 2. The first kappa shape index (κ1) is 12.8. The maximum absolute atomic E-state index is 4.83. The summed E-state index contributed by atoms with van der Waals surface area (Å²) >= 11 is 0. The third-order valence-corrected chi connectivity index (χ3v) is 3.11. The molecule has 2 aromatic rings. The van der Waals surface area contributed by atoms with Crippen LogP contribution >= 0.6 is 0 Å². The molecule has 0 aromatic heterocycles. The van der Waals surface area contributed by atoms with E-state index >= 15 is 0 Å². The van der Waals surface area contributed by atoms with Crippen LogP contribution in [0.3, 0.4) is 0 Å². The summed E-state index contributed by atoms with van der Waals surface area (Å²) in [4.78, 5) is 0. The Bertz CT molecular complexity index is 457. The van der Waals surface area contributed by atoms with Crippen molar-refractivity contribution < 1.29 is 4.74 Å². The van der Waals surface area contributed by atoms with Gasteiger partial charge in [0.25, 0.3) is 0 Å². The minimum Gasteiger partial charge on any atom is -0.382 e. The Morgan fingerprint density at radius 3 is 1.61 bits per heavy atom. The normalized spacial score (nSPS) is 11.2. The Balaban J connectivity index is 0.000000209. The summed E-state index contributed by atoms with van der Waals surface area (Å²) < 4.78 is 4.83. The molecule has 0 heterocycles. The molecule has 0 saturated heterocycles. The number of fused-ring (bicyclic) bond motifs is 3. The van der Waals surface area contributed by atoms with Crippen LogP contribution in [0.4, 0.5) is 0 Å². The van der Waals surface area contributed by atoms with Crippen LogP contribution in [-0.4, -0.2) is 13.2 Å². The summed E-state index contributed by atoms with van der Waals surface area (Å²) in [6.45, 7) is 5.67. The van der Waals surface area contributed by atoms with Crippen molar-refractivity contribution in [2.45, 2.75) is 20.3 Å². The van der Waals surface area contributed by atoms with Gasteiger partial charge in [-0.2, -0.15) is 0 Å². The molecule has 0 spiro atoms. The fraction of sp³-hybridized carbons (Fsp3) is 0.294. The molecule has 0 atom stereocenters. The molecule has 18 heavy (non-hydrogen) atoms. The van der Waals surface area contributed by atoms with Gasteiger partial charge in [-0.05, 0) is 42.5 Å². The van der Waals surface area contributed by atoms with Gasteiger partial charge < -0.3 is 4.74 Å². The number of hydrogen-bond acceptors (Lipinski definition) is 1. The molecule has 0 bridgehead atoms. The zero-order chi connectivity index (χ0) is 12.8. The van der Waals surface area contributed by atoms with Crippen molar-refractivity contribution in [2.24, 2.45) is 0 Å². The molecule has 0 N–H and O–H groups in total. The summed E-state index contributed by atoms with van der Waals surface area (Å²) in [6.07, 6.45) is 1.10. The fourth-order valence-corrected chi connectivity index (χ4v) is 2.28. The summed E-state index contributed by atoms with van der Waals surface area (Å²) in [7, 11) is 0. The van der Waals surface area contributed by atoms with Crippen molar-refractivity contribution in [3.05, 3.63) is 59.7 Å². The second-order valence-corrected chi connectivity index (χ2v) is 4.27. The highest BCUT2D eigenvalue weighted by atomic mass is 16.5. The molecular formula is C17H20O. The maximum atomic E-state index is 4.83. The first-order chi connectivity index (χ1) is 8.86. The van der Waals surface area contributed by atoms with Crippen molar-refractivity contribution in [2.75, 3.05) is 13.2 Å². The Morgan fingerprint density at radius 1 is 0.778 bits per heavy atom. The van der Waals surface area contributed by atoms with Crippen LogP contribution in [0.25, 0.3) is 11.1 Å². The highest BCUT2D eigenvalue weighted by Crippen LogP contribution is 2.35. The Labute approximate surface area is 109 Å². The quantitative estimate of drug-likeness (QED) is 0.649. The van der Waals surface area contributed by atoms with E-state index in [2.05, 4.69) is 48.5 Å². The van der Waals surface area contributed by atoms with E-state index in [1.807, 2.05) is 13.8 Å². The van der Waals surface area contributed by atoms with Crippen molar-refractivity contribution in [3.8, 4) is 11.1 Å². The lowest BCUT2D eigenvalue weighted by Gasteiger charge is -1.98. The topological polar surface area (TPSA) is 9.23 Å². The van der Waals surface area contributed by atoms with Crippen molar-refractivity contribution in [1.82, 2.24) is 0 Å². The zero-order valence-corrected chi connectivity index (χ0v) is 11.1. The van der Waals surface area contributed by atoms with Crippen LogP contribution in [0.5, 0.6) is 0 Å². The molecule has 0 amide bonds. The van der Waals surface area contributed by atoms with E-state index in [1.165, 1.54) is 22.3 Å². The SMILES string of the molecule is CCOCC.c1ccc2c(c1)Cc1ccccc1-2. The Morgan fingerprint density at radius 2 is 1.22 bits per heavy atom. The standard InChI is InChI=1S/C13H10.C4H10O/c1-3-7-12-10(5-1)9-11-6-2-4-8-13(11)12;1-3-5-4-2/h1-8H,9H2;3-4H2,1-2H3. The first-order valence-electron chi connectivity index (χ1n) is 6.60. The number of ether oxygens (including phenoxy) is 1. The second-order valence-electron chi connectivity index (χ2n) is 4.27. The summed E-state index contributed by atoms with van der Waals surface area (Å²) in [6, 6.07) is 17.3. The smallest absolute Gasteiger partial charge is 0.0437 e. The summed E-state index contributed by atoms with van der Waals surface area (Å²) in [5, 5.41) is 0. The van der Waals surface area contributed by atoms with E-state index in [9.17, 15) is 0 Å². The Kier molecular flexibility index (Phi) is 4.54. The van der Waals surface area contributed by atoms with Crippen molar-refractivity contribution >= 4 is 0 Å². The Hall–Kier alpha value is -1.60. The lowest BCUT2D eigenvalue weighted by Crippen LogP contribution is -1.84. The van der Waals surface area contributed by atoms with Gasteiger partial charge in [0.2, 0.25) is 0 Å². The summed E-state index contributed by atoms with van der Waals surface area (Å²) in [5.41, 5.74) is 5.75. The van der Waals surface area contributed by atoms with Gasteiger partial charge in [-0.1, -0.05) is 48.5 Å². The molecule has 0 fully saturated rings. The summed E-state index contributed by atoms with van der Waals surface area (Å²) in [5.74, 6) is 0. The molecule has 1 aliphatic rings. The van der Waals surface area contributed by atoms with Gasteiger partial charge in [0.15, 0.2) is 0 Å². The minimum atomic E-state index is 0.844. The van der Waals surface area contributed by atoms with E-state index in [-0.39, 0.29) is 0 Å². The lowest BCUT2D eigenvalue weighted by atomic mass is 10.1. The predicted molar refractivity (Wildman–Crippen MR) is 76.9 cm³/mol. The van der Waals surface area contributed by atoms with E-state index < -0.39 is 0 Å². The van der Waals surface area contributed by atoms with Gasteiger partial charge in [0, 0.05) is 13.2 Å². The highest BCUT2D eigenvalue weighted by molar-refractivity contribution is 5.76. The molecule has 1 heteroatoms. The number of rotatable bonds is 2. The van der Waals surface area contributed by atoms with Gasteiger partial charge in [-0.15, -0.1) is 0 Å². The lowest BCUT2D eigenvalue weighted by molar-refractivity contribution is 0.162. The van der Waals surface area contributed by atoms with Crippen molar-refractivity contribution in [1.29, 1.82) is 0 Å². The zero-order valence-electron chi connectivity index (χ0n) is 11.1. The van der Waals surface area contributed by atoms with Crippen LogP contribution < -0.4 is 0 Å². The third kappa shape index (κ3) is 2.80. The molecule has 0 unspecified atom stereocenters. The maximum Gasteiger partial charge on any atom is 0.0437 e. The first-order valence-corrected chi connectivity index (χ1v) is 6.60. The van der Waals surface area contributed by atoms with Crippen molar-refractivity contribution in [3.63, 3.8) is 0 Å². The molecule has 3 rings (SSSR count). The highest BCUT2D eigenvalue weighted by Gasteiger charge is 2.15. The molecule has 2 aromatic carbocycles. The molecule has 0 aliphatic heterocycles. The van der Waals surface area contributed by atoms with Crippen LogP contribution in [-0.2, 0) is 11.2 Å². The van der Waals surface area contributed by atoms with Crippen LogP contribution in [0.1, 0.15) is 25.0 Å². The second kappa shape index (κ2) is 6.36.